The van der Waals surface area contributed by atoms with Crippen molar-refractivity contribution in [2.45, 2.75) is 49.5 Å². The van der Waals surface area contributed by atoms with Crippen molar-refractivity contribution in [3.8, 4) is 11.1 Å². The highest BCUT2D eigenvalue weighted by molar-refractivity contribution is 7.90. The number of carbonyl (C=O) groups excluding carboxylic acids is 2. The van der Waals surface area contributed by atoms with Gasteiger partial charge in [0.15, 0.2) is 21.2 Å². The molecule has 3 aromatic carbocycles. The zero-order valence-electron chi connectivity index (χ0n) is 23.0. The quantitative estimate of drug-likeness (QED) is 0.341. The van der Waals surface area contributed by atoms with Gasteiger partial charge in [-0.25, -0.2) is 13.2 Å². The first-order valence-corrected chi connectivity index (χ1v) is 15.9. The van der Waals surface area contributed by atoms with Crippen LogP contribution >= 0.6 is 11.6 Å². The Kier molecular flexibility index (Phi) is 7.99. The minimum atomic E-state index is -3.40. The number of aryl methyl sites for hydroxylation is 2. The molecule has 0 unspecified atom stereocenters. The smallest absolute Gasteiger partial charge is 0.343 e. The number of hydrogen-bond donors (Lipinski definition) is 1. The van der Waals surface area contributed by atoms with Crippen LogP contribution in [0.5, 0.6) is 0 Å². The number of nitrogens with zero attached hydrogens (tertiary/aromatic N) is 1. The van der Waals surface area contributed by atoms with Crippen LogP contribution < -0.4 is 0 Å². The van der Waals surface area contributed by atoms with Crippen molar-refractivity contribution < 1.29 is 27.9 Å². The number of benzene rings is 3. The third kappa shape index (κ3) is 5.90. The number of aliphatic hydroxyl groups is 1. The summed E-state index contributed by atoms with van der Waals surface area (Å²) >= 11 is 6.64. The molecule has 0 bridgehead atoms. The second kappa shape index (κ2) is 11.3. The van der Waals surface area contributed by atoms with Gasteiger partial charge in [-0.3, -0.25) is 4.79 Å². The predicted octanol–water partition coefficient (Wildman–Crippen LogP) is 5.93. The molecule has 7 nitrogen and oxygen atoms in total. The van der Waals surface area contributed by atoms with E-state index in [4.69, 9.17) is 16.3 Å². The molecule has 0 aliphatic carbocycles. The molecule has 9 heteroatoms. The Morgan fingerprint density at radius 2 is 1.73 bits per heavy atom. The van der Waals surface area contributed by atoms with E-state index in [-0.39, 0.29) is 22.1 Å². The van der Waals surface area contributed by atoms with Crippen LogP contribution in [0, 0.1) is 6.92 Å². The van der Waals surface area contributed by atoms with Crippen molar-refractivity contribution in [3.05, 3.63) is 94.2 Å². The summed E-state index contributed by atoms with van der Waals surface area (Å²) in [5.41, 5.74) is 2.46. The SMILES string of the molecule is Cc1cc(-c2cccc(S(C)(=O)=O)c2)c(Cl)cc1C1=C(O)C2(CCN(C(=O)CCCc3ccccc3)CC2)OC1=O. The maximum absolute atomic E-state index is 13.1. The van der Waals surface area contributed by atoms with Gasteiger partial charge in [0, 0.05) is 49.2 Å². The summed E-state index contributed by atoms with van der Waals surface area (Å²) in [5.74, 6) is -0.706. The highest BCUT2D eigenvalue weighted by Crippen LogP contribution is 2.45. The normalized spacial score (nSPS) is 16.8. The van der Waals surface area contributed by atoms with Crippen molar-refractivity contribution in [3.63, 3.8) is 0 Å². The summed E-state index contributed by atoms with van der Waals surface area (Å²) in [5, 5.41) is 11.6. The molecule has 0 saturated carbocycles. The molecule has 0 aromatic heterocycles. The summed E-state index contributed by atoms with van der Waals surface area (Å²) in [4.78, 5) is 27.9. The number of piperidine rings is 1. The lowest BCUT2D eigenvalue weighted by Gasteiger charge is -2.38. The summed E-state index contributed by atoms with van der Waals surface area (Å²) in [6.45, 7) is 2.55. The third-order valence-electron chi connectivity index (χ3n) is 7.94. The predicted molar refractivity (Wildman–Crippen MR) is 158 cm³/mol. The monoisotopic (exact) mass is 593 g/mol. The summed E-state index contributed by atoms with van der Waals surface area (Å²) < 4.78 is 29.9. The molecule has 2 heterocycles. The van der Waals surface area contributed by atoms with Crippen LogP contribution in [0.4, 0.5) is 0 Å². The van der Waals surface area contributed by atoms with Gasteiger partial charge >= 0.3 is 5.97 Å². The van der Waals surface area contributed by atoms with Crippen LogP contribution in [-0.2, 0) is 30.6 Å². The van der Waals surface area contributed by atoms with Gasteiger partial charge in [-0.15, -0.1) is 0 Å². The summed E-state index contributed by atoms with van der Waals surface area (Å²) in [7, 11) is -3.40. The number of likely N-dealkylation sites (tertiary alicyclic amines) is 1. The molecule has 1 spiro atoms. The van der Waals surface area contributed by atoms with E-state index in [9.17, 15) is 23.1 Å². The topological polar surface area (TPSA) is 101 Å². The number of ether oxygens (including phenoxy) is 1. The lowest BCUT2D eigenvalue weighted by atomic mass is 9.86. The first kappa shape index (κ1) is 28.9. The minimum Gasteiger partial charge on any atom is -0.507 e. The van der Waals surface area contributed by atoms with Gasteiger partial charge in [0.05, 0.1) is 4.90 Å². The van der Waals surface area contributed by atoms with Crippen LogP contribution in [0.15, 0.2) is 77.4 Å². The first-order chi connectivity index (χ1) is 19.5. The van der Waals surface area contributed by atoms with Crippen molar-refractivity contribution in [2.75, 3.05) is 19.3 Å². The minimum absolute atomic E-state index is 0.0574. The van der Waals surface area contributed by atoms with Crippen LogP contribution in [0.3, 0.4) is 0 Å². The molecule has 3 aromatic rings. The van der Waals surface area contributed by atoms with Crippen LogP contribution in [0.1, 0.15) is 42.4 Å². The number of amides is 1. The van der Waals surface area contributed by atoms with Crippen LogP contribution in [0.2, 0.25) is 5.02 Å². The van der Waals surface area contributed by atoms with Crippen LogP contribution in [-0.4, -0.2) is 55.2 Å². The highest BCUT2D eigenvalue weighted by Gasteiger charge is 2.51. The third-order valence-corrected chi connectivity index (χ3v) is 9.36. The number of hydrogen-bond acceptors (Lipinski definition) is 6. The number of sulfone groups is 1. The fraction of sp³-hybridized carbons (Fsp3) is 0.312. The van der Waals surface area contributed by atoms with Gasteiger partial charge < -0.3 is 14.7 Å². The van der Waals surface area contributed by atoms with E-state index in [1.807, 2.05) is 18.2 Å². The van der Waals surface area contributed by atoms with Gasteiger partial charge in [-0.1, -0.05) is 54.1 Å². The van der Waals surface area contributed by atoms with E-state index in [0.717, 1.165) is 19.1 Å². The van der Waals surface area contributed by atoms with Gasteiger partial charge in [-0.2, -0.15) is 0 Å². The summed E-state index contributed by atoms with van der Waals surface area (Å²) in [6, 6.07) is 19.9. The molecule has 214 valence electrons. The Morgan fingerprint density at radius 1 is 1.02 bits per heavy atom. The van der Waals surface area contributed by atoms with E-state index in [1.165, 1.54) is 11.6 Å². The molecule has 2 aliphatic rings. The molecule has 5 rings (SSSR count). The Hall–Kier alpha value is -3.62. The van der Waals surface area contributed by atoms with Crippen molar-refractivity contribution in [1.29, 1.82) is 0 Å². The van der Waals surface area contributed by atoms with Gasteiger partial charge in [0.2, 0.25) is 5.91 Å². The standard InChI is InChI=1S/C32H32ClNO6S/c1-21-18-26(23-11-7-12-24(19-23)41(2,38)39)27(33)20-25(21)29-30(36)32(40-31(29)37)14-16-34(17-15-32)28(35)13-6-10-22-8-4-3-5-9-22/h3-5,7-9,11-12,18-20,36H,6,10,13-17H2,1-2H3. The van der Waals surface area contributed by atoms with Crippen LogP contribution in [0.25, 0.3) is 16.7 Å². The van der Waals surface area contributed by atoms with Gasteiger partial charge in [0.1, 0.15) is 5.57 Å². The zero-order chi connectivity index (χ0) is 29.4. The van der Waals surface area contributed by atoms with E-state index in [2.05, 4.69) is 12.1 Å². The van der Waals surface area contributed by atoms with Gasteiger partial charge in [-0.05, 0) is 66.3 Å². The fourth-order valence-corrected chi connectivity index (χ4v) is 6.55. The maximum Gasteiger partial charge on any atom is 0.343 e. The molecule has 1 amide bonds. The average Bonchev–Trinajstić information content (AvgIpc) is 3.18. The van der Waals surface area contributed by atoms with Crippen molar-refractivity contribution in [2.24, 2.45) is 0 Å². The largest absolute Gasteiger partial charge is 0.507 e. The number of carbonyl (C=O) groups is 2. The van der Waals surface area contributed by atoms with Gasteiger partial charge in [0.25, 0.3) is 0 Å². The number of rotatable bonds is 7. The van der Waals surface area contributed by atoms with E-state index >= 15 is 0 Å². The number of aliphatic hydroxyl groups excluding tert-OH is 1. The number of esters is 1. The highest BCUT2D eigenvalue weighted by atomic mass is 35.5. The molecular formula is C32H32ClNO6S. The molecule has 0 radical (unpaired) electrons. The fourth-order valence-electron chi connectivity index (χ4n) is 5.61. The molecule has 0 atom stereocenters. The second-order valence-electron chi connectivity index (χ2n) is 10.8. The maximum atomic E-state index is 13.1. The Bertz CT molecular complexity index is 1640. The molecule has 41 heavy (non-hydrogen) atoms. The lowest BCUT2D eigenvalue weighted by Crippen LogP contribution is -2.48. The first-order valence-electron chi connectivity index (χ1n) is 13.6. The zero-order valence-corrected chi connectivity index (χ0v) is 24.6. The summed E-state index contributed by atoms with van der Waals surface area (Å²) in [6.07, 6.45) is 3.78. The lowest BCUT2D eigenvalue weighted by molar-refractivity contribution is -0.152. The Morgan fingerprint density at radius 3 is 2.41 bits per heavy atom. The number of halogens is 1. The molecule has 1 N–H and O–H groups in total. The van der Waals surface area contributed by atoms with E-state index < -0.39 is 21.4 Å². The Labute approximate surface area is 245 Å². The average molecular weight is 594 g/mol. The van der Waals surface area contributed by atoms with Crippen molar-refractivity contribution in [1.82, 2.24) is 4.90 Å². The molecule has 1 fully saturated rings. The molecule has 1 saturated heterocycles. The van der Waals surface area contributed by atoms with E-state index in [1.54, 1.807) is 42.2 Å². The molecule has 2 aliphatic heterocycles. The molecular weight excluding hydrogens is 562 g/mol. The van der Waals surface area contributed by atoms with Crippen molar-refractivity contribution >= 4 is 38.9 Å². The Balaban J connectivity index is 1.32. The second-order valence-corrected chi connectivity index (χ2v) is 13.2. The van der Waals surface area contributed by atoms with E-state index in [0.29, 0.717) is 59.6 Å².